The lowest BCUT2D eigenvalue weighted by Gasteiger charge is -2.24. The number of ether oxygens (including phenoxy) is 1. The van der Waals surface area contributed by atoms with E-state index < -0.39 is 0 Å². The zero-order chi connectivity index (χ0) is 13.8. The molecule has 5 heteroatoms. The predicted octanol–water partition coefficient (Wildman–Crippen LogP) is 1.42. The molecule has 108 valence electrons. The van der Waals surface area contributed by atoms with Gasteiger partial charge in [-0.2, -0.15) is 0 Å². The van der Waals surface area contributed by atoms with Crippen LogP contribution in [0, 0.1) is 0 Å². The zero-order valence-electron chi connectivity index (χ0n) is 11.4. The quantitative estimate of drug-likeness (QED) is 0.862. The third kappa shape index (κ3) is 3.53. The maximum Gasteiger partial charge on any atom is 0.250 e. The Morgan fingerprint density at radius 3 is 2.85 bits per heavy atom. The van der Waals surface area contributed by atoms with Crippen LogP contribution in [-0.2, 0) is 9.53 Å². The van der Waals surface area contributed by atoms with Gasteiger partial charge in [-0.15, -0.1) is 11.8 Å². The number of hydrogen-bond acceptors (Lipinski definition) is 4. The van der Waals surface area contributed by atoms with Gasteiger partial charge in [-0.1, -0.05) is 18.2 Å². The second-order valence-electron chi connectivity index (χ2n) is 5.38. The van der Waals surface area contributed by atoms with Crippen molar-refractivity contribution in [1.29, 1.82) is 0 Å². The average molecular weight is 292 g/mol. The number of benzene rings is 1. The molecule has 1 amide bonds. The number of amides is 1. The molecule has 1 heterocycles. The van der Waals surface area contributed by atoms with Crippen LogP contribution >= 0.6 is 11.8 Å². The second-order valence-corrected chi connectivity index (χ2v) is 6.92. The normalized spacial score (nSPS) is 24.1. The lowest BCUT2D eigenvalue weighted by atomic mass is 10.3. The van der Waals surface area contributed by atoms with E-state index in [-0.39, 0.29) is 16.8 Å². The smallest absolute Gasteiger partial charge is 0.250 e. The maximum atomic E-state index is 12.0. The van der Waals surface area contributed by atoms with E-state index in [1.165, 1.54) is 4.90 Å². The second kappa shape index (κ2) is 6.16. The highest BCUT2D eigenvalue weighted by atomic mass is 32.2. The highest BCUT2D eigenvalue weighted by Gasteiger charge is 2.44. The Balaban J connectivity index is 1.49. The van der Waals surface area contributed by atoms with Crippen LogP contribution in [0.4, 0.5) is 0 Å². The van der Waals surface area contributed by atoms with Gasteiger partial charge in [-0.05, 0) is 25.0 Å². The lowest BCUT2D eigenvalue weighted by Crippen LogP contribution is -2.49. The van der Waals surface area contributed by atoms with Crippen LogP contribution in [-0.4, -0.2) is 43.0 Å². The fourth-order valence-corrected chi connectivity index (χ4v) is 3.53. The van der Waals surface area contributed by atoms with E-state index in [9.17, 15) is 4.79 Å². The van der Waals surface area contributed by atoms with Gasteiger partial charge in [-0.25, -0.2) is 0 Å². The minimum Gasteiger partial charge on any atom is -0.366 e. The van der Waals surface area contributed by atoms with Crippen molar-refractivity contribution in [3.8, 4) is 0 Å². The summed E-state index contributed by atoms with van der Waals surface area (Å²) in [5.74, 6) is 0.0112. The first-order chi connectivity index (χ1) is 9.77. The Bertz CT molecular complexity index is 456. The topological polar surface area (TPSA) is 50.4 Å². The molecule has 0 radical (unpaired) electrons. The van der Waals surface area contributed by atoms with Crippen LogP contribution in [0.1, 0.15) is 12.8 Å². The van der Waals surface area contributed by atoms with E-state index in [2.05, 4.69) is 34.9 Å². The molecule has 2 N–H and O–H groups in total. The number of morpholine rings is 1. The number of carbonyl (C=O) groups is 1. The average Bonchev–Trinajstić information content (AvgIpc) is 3.27. The van der Waals surface area contributed by atoms with Gasteiger partial charge < -0.3 is 15.4 Å². The number of nitrogens with one attached hydrogen (secondary N) is 2. The first-order valence-electron chi connectivity index (χ1n) is 7.12. The first-order valence-corrected chi connectivity index (χ1v) is 7.93. The Hall–Kier alpha value is -1.04. The van der Waals surface area contributed by atoms with Gasteiger partial charge in [0.05, 0.1) is 6.61 Å². The van der Waals surface area contributed by atoms with Gasteiger partial charge >= 0.3 is 0 Å². The first kappa shape index (κ1) is 13.9. The molecular weight excluding hydrogens is 272 g/mol. The molecule has 1 saturated heterocycles. The molecule has 2 aliphatic rings. The number of rotatable bonds is 5. The highest BCUT2D eigenvalue weighted by Crippen LogP contribution is 2.51. The summed E-state index contributed by atoms with van der Waals surface area (Å²) in [6, 6.07) is 10.4. The van der Waals surface area contributed by atoms with Crippen molar-refractivity contribution in [2.75, 3.05) is 26.2 Å². The standard InChI is InChI=1S/C15H20N2O2S/c18-14(13-10-16-8-9-19-13)17-11-15(6-7-15)20-12-4-2-1-3-5-12/h1-5,13,16H,6-11H2,(H,17,18). The van der Waals surface area contributed by atoms with E-state index in [0.717, 1.165) is 25.9 Å². The van der Waals surface area contributed by atoms with E-state index in [0.29, 0.717) is 13.2 Å². The Morgan fingerprint density at radius 2 is 2.20 bits per heavy atom. The molecule has 1 aromatic carbocycles. The van der Waals surface area contributed by atoms with Crippen LogP contribution < -0.4 is 10.6 Å². The summed E-state index contributed by atoms with van der Waals surface area (Å²) in [5, 5.41) is 6.23. The molecule has 4 nitrogen and oxygen atoms in total. The lowest BCUT2D eigenvalue weighted by molar-refractivity contribution is -0.134. The van der Waals surface area contributed by atoms with Crippen molar-refractivity contribution in [3.05, 3.63) is 30.3 Å². The van der Waals surface area contributed by atoms with Crippen LogP contribution in [0.5, 0.6) is 0 Å². The maximum absolute atomic E-state index is 12.0. The molecule has 1 saturated carbocycles. The molecule has 0 spiro atoms. The Labute approximate surface area is 123 Å². The molecule has 20 heavy (non-hydrogen) atoms. The molecule has 1 aromatic rings. The fraction of sp³-hybridized carbons (Fsp3) is 0.533. The minimum atomic E-state index is -0.332. The molecule has 2 fully saturated rings. The van der Waals surface area contributed by atoms with Gasteiger partial charge in [0.2, 0.25) is 0 Å². The van der Waals surface area contributed by atoms with Gasteiger partial charge in [0.1, 0.15) is 6.10 Å². The third-order valence-corrected chi connectivity index (χ3v) is 5.18. The zero-order valence-corrected chi connectivity index (χ0v) is 12.2. The molecule has 0 aromatic heterocycles. The van der Waals surface area contributed by atoms with Crippen molar-refractivity contribution >= 4 is 17.7 Å². The summed E-state index contributed by atoms with van der Waals surface area (Å²) in [4.78, 5) is 13.3. The predicted molar refractivity (Wildman–Crippen MR) is 79.9 cm³/mol. The Morgan fingerprint density at radius 1 is 1.40 bits per heavy atom. The number of hydrogen-bond donors (Lipinski definition) is 2. The minimum absolute atomic E-state index is 0.0112. The van der Waals surface area contributed by atoms with Gasteiger partial charge in [0, 0.05) is 29.3 Å². The van der Waals surface area contributed by atoms with E-state index in [1.54, 1.807) is 0 Å². The number of carbonyl (C=O) groups excluding carboxylic acids is 1. The van der Waals surface area contributed by atoms with Gasteiger partial charge in [-0.3, -0.25) is 4.79 Å². The van der Waals surface area contributed by atoms with Crippen LogP contribution in [0.15, 0.2) is 35.2 Å². The van der Waals surface area contributed by atoms with Crippen molar-refractivity contribution < 1.29 is 9.53 Å². The summed E-state index contributed by atoms with van der Waals surface area (Å²) in [7, 11) is 0. The monoisotopic (exact) mass is 292 g/mol. The van der Waals surface area contributed by atoms with Gasteiger partial charge in [0.15, 0.2) is 0 Å². The molecule has 1 atom stereocenters. The largest absolute Gasteiger partial charge is 0.366 e. The van der Waals surface area contributed by atoms with Crippen LogP contribution in [0.2, 0.25) is 0 Å². The third-order valence-electron chi connectivity index (χ3n) is 3.69. The molecule has 1 aliphatic carbocycles. The van der Waals surface area contributed by atoms with Crippen LogP contribution in [0.25, 0.3) is 0 Å². The summed E-state index contributed by atoms with van der Waals surface area (Å²) in [5.41, 5.74) is 0. The molecular formula is C15H20N2O2S. The van der Waals surface area contributed by atoms with E-state index >= 15 is 0 Å². The molecule has 1 aliphatic heterocycles. The molecule has 3 rings (SSSR count). The summed E-state index contributed by atoms with van der Waals surface area (Å²) < 4.78 is 5.66. The van der Waals surface area contributed by atoms with E-state index in [4.69, 9.17) is 4.74 Å². The summed E-state index contributed by atoms with van der Waals surface area (Å²) in [6.07, 6.45) is 1.99. The molecule has 0 bridgehead atoms. The molecule has 1 unspecified atom stereocenters. The Kier molecular flexibility index (Phi) is 4.29. The summed E-state index contributed by atoms with van der Waals surface area (Å²) >= 11 is 1.87. The SMILES string of the molecule is O=C(NCC1(Sc2ccccc2)CC1)C1CNCCO1. The van der Waals surface area contributed by atoms with E-state index in [1.807, 2.05) is 17.8 Å². The van der Waals surface area contributed by atoms with Crippen molar-refractivity contribution in [2.45, 2.75) is 28.6 Å². The van der Waals surface area contributed by atoms with Crippen LogP contribution in [0.3, 0.4) is 0 Å². The van der Waals surface area contributed by atoms with Crippen molar-refractivity contribution in [3.63, 3.8) is 0 Å². The summed E-state index contributed by atoms with van der Waals surface area (Å²) in [6.45, 7) is 2.79. The number of thioether (sulfide) groups is 1. The van der Waals surface area contributed by atoms with Gasteiger partial charge in [0.25, 0.3) is 5.91 Å². The van der Waals surface area contributed by atoms with Crippen molar-refractivity contribution in [1.82, 2.24) is 10.6 Å². The highest BCUT2D eigenvalue weighted by molar-refractivity contribution is 8.01. The van der Waals surface area contributed by atoms with Crippen molar-refractivity contribution in [2.24, 2.45) is 0 Å². The fourth-order valence-electron chi connectivity index (χ4n) is 2.29.